The van der Waals surface area contributed by atoms with Crippen molar-refractivity contribution in [2.24, 2.45) is 12.0 Å². The number of hydrogen-bond acceptors (Lipinski definition) is 5. The Hall–Kier alpha value is -1.88. The minimum atomic E-state index is 0. The van der Waals surface area contributed by atoms with E-state index in [4.69, 9.17) is 9.73 Å². The Morgan fingerprint density at radius 2 is 2.09 bits per heavy atom. The highest BCUT2D eigenvalue weighted by Gasteiger charge is 2.23. The molecule has 2 heterocycles. The van der Waals surface area contributed by atoms with Crippen LogP contribution in [0.5, 0.6) is 5.75 Å². The van der Waals surface area contributed by atoms with Crippen molar-refractivity contribution < 1.29 is 4.74 Å². The highest BCUT2D eigenvalue weighted by molar-refractivity contribution is 14.0. The van der Waals surface area contributed by atoms with Gasteiger partial charge in [0.2, 0.25) is 0 Å². The van der Waals surface area contributed by atoms with Crippen LogP contribution in [-0.4, -0.2) is 63.9 Å². The molecule has 1 saturated heterocycles. The lowest BCUT2D eigenvalue weighted by Crippen LogP contribution is -2.46. The molecule has 2 N–H and O–H groups in total. The first-order valence-corrected chi connectivity index (χ1v) is 11.3. The third-order valence-electron chi connectivity index (χ3n) is 5.86. The molecule has 32 heavy (non-hydrogen) atoms. The fourth-order valence-corrected chi connectivity index (χ4v) is 3.87. The van der Waals surface area contributed by atoms with Gasteiger partial charge in [-0.15, -0.1) is 34.2 Å². The fraction of sp³-hybridized carbons (Fsp3) is 0.609. The number of guanidine groups is 1. The summed E-state index contributed by atoms with van der Waals surface area (Å²) in [6, 6.07) is 8.69. The number of ether oxygens (including phenoxy) is 1. The lowest BCUT2D eigenvalue weighted by molar-refractivity contribution is 0.223. The number of aryl methyl sites for hydroxylation is 2. The molecule has 0 bridgehead atoms. The number of aromatic nitrogens is 3. The second-order valence-electron chi connectivity index (χ2n) is 8.32. The Kier molecular flexibility index (Phi) is 10.7. The molecule has 9 heteroatoms. The van der Waals surface area contributed by atoms with Gasteiger partial charge in [0, 0.05) is 19.6 Å². The molecule has 8 nitrogen and oxygen atoms in total. The number of benzene rings is 1. The van der Waals surface area contributed by atoms with Gasteiger partial charge >= 0.3 is 0 Å². The molecule has 0 spiro atoms. The normalized spacial score (nSPS) is 17.7. The van der Waals surface area contributed by atoms with Crippen LogP contribution in [0.25, 0.3) is 0 Å². The van der Waals surface area contributed by atoms with E-state index in [0.717, 1.165) is 36.4 Å². The first-order valence-electron chi connectivity index (χ1n) is 11.3. The number of hydrogen-bond donors (Lipinski definition) is 2. The van der Waals surface area contributed by atoms with E-state index >= 15 is 0 Å². The molecule has 178 valence electrons. The number of aliphatic imine (C=N–C) groups is 1. The molecule has 1 aromatic carbocycles. The molecule has 1 aromatic heterocycles. The Labute approximate surface area is 209 Å². The van der Waals surface area contributed by atoms with Crippen LogP contribution >= 0.6 is 24.0 Å². The van der Waals surface area contributed by atoms with E-state index in [1.54, 1.807) is 0 Å². The third kappa shape index (κ3) is 7.61. The van der Waals surface area contributed by atoms with Gasteiger partial charge < -0.3 is 19.9 Å². The Morgan fingerprint density at radius 1 is 1.28 bits per heavy atom. The quantitative estimate of drug-likeness (QED) is 0.282. The second kappa shape index (κ2) is 13.0. The van der Waals surface area contributed by atoms with Gasteiger partial charge in [-0.3, -0.25) is 4.90 Å². The number of rotatable bonds is 9. The van der Waals surface area contributed by atoms with Crippen LogP contribution in [0, 0.1) is 13.8 Å². The van der Waals surface area contributed by atoms with Gasteiger partial charge in [0.05, 0.1) is 6.54 Å². The summed E-state index contributed by atoms with van der Waals surface area (Å²) in [4.78, 5) is 7.30. The second-order valence-corrected chi connectivity index (χ2v) is 8.32. The Balaban J connectivity index is 0.00000363. The van der Waals surface area contributed by atoms with Crippen LogP contribution in [0.4, 0.5) is 0 Å². The van der Waals surface area contributed by atoms with Crippen molar-refractivity contribution in [3.8, 4) is 5.75 Å². The van der Waals surface area contributed by atoms with Gasteiger partial charge in [0.15, 0.2) is 11.8 Å². The van der Waals surface area contributed by atoms with E-state index in [1.165, 1.54) is 24.9 Å². The maximum Gasteiger partial charge on any atom is 0.191 e. The zero-order valence-electron chi connectivity index (χ0n) is 20.0. The maximum absolute atomic E-state index is 6.06. The monoisotopic (exact) mass is 555 g/mol. The van der Waals surface area contributed by atoms with Gasteiger partial charge in [-0.2, -0.15) is 0 Å². The molecule has 1 fully saturated rings. The molecule has 1 aliphatic rings. The topological polar surface area (TPSA) is 79.6 Å². The molecule has 0 saturated carbocycles. The van der Waals surface area contributed by atoms with E-state index in [1.807, 2.05) is 30.7 Å². The van der Waals surface area contributed by atoms with Crippen LogP contribution in [0.1, 0.15) is 43.9 Å². The summed E-state index contributed by atoms with van der Waals surface area (Å²) >= 11 is 0. The molecular weight excluding hydrogens is 517 g/mol. The fourth-order valence-electron chi connectivity index (χ4n) is 3.87. The minimum absolute atomic E-state index is 0. The average Bonchev–Trinajstić information content (AvgIpc) is 3.34. The minimum Gasteiger partial charge on any atom is -0.489 e. The van der Waals surface area contributed by atoms with E-state index < -0.39 is 0 Å². The number of likely N-dealkylation sites (N-methyl/N-ethyl adjacent to an activating group) is 1. The van der Waals surface area contributed by atoms with Crippen molar-refractivity contribution in [2.75, 3.05) is 26.2 Å². The summed E-state index contributed by atoms with van der Waals surface area (Å²) < 4.78 is 8.04. The molecule has 0 radical (unpaired) electrons. The van der Waals surface area contributed by atoms with E-state index in [-0.39, 0.29) is 30.1 Å². The molecule has 1 aliphatic heterocycles. The summed E-state index contributed by atoms with van der Waals surface area (Å²) in [6.07, 6.45) is 2.49. The zero-order chi connectivity index (χ0) is 22.2. The smallest absolute Gasteiger partial charge is 0.191 e. The first kappa shape index (κ1) is 26.4. The molecule has 2 unspecified atom stereocenters. The van der Waals surface area contributed by atoms with Gasteiger partial charge in [-0.1, -0.05) is 19.1 Å². The Morgan fingerprint density at radius 3 is 2.78 bits per heavy atom. The molecule has 2 atom stereocenters. The van der Waals surface area contributed by atoms with Gasteiger partial charge in [0.25, 0.3) is 0 Å². The van der Waals surface area contributed by atoms with Crippen LogP contribution in [0.2, 0.25) is 0 Å². The van der Waals surface area contributed by atoms with Crippen LogP contribution in [0.15, 0.2) is 29.3 Å². The van der Waals surface area contributed by atoms with Crippen molar-refractivity contribution >= 4 is 29.9 Å². The number of nitrogens with zero attached hydrogens (tertiary/aromatic N) is 5. The van der Waals surface area contributed by atoms with Crippen molar-refractivity contribution in [1.29, 1.82) is 0 Å². The molecular formula is C23H38IN7O. The summed E-state index contributed by atoms with van der Waals surface area (Å²) in [5.41, 5.74) is 1.19. The maximum atomic E-state index is 6.06. The summed E-state index contributed by atoms with van der Waals surface area (Å²) in [5.74, 6) is 3.40. The molecule has 2 aromatic rings. The van der Waals surface area contributed by atoms with Gasteiger partial charge in [-0.05, 0) is 64.4 Å². The van der Waals surface area contributed by atoms with Crippen LogP contribution in [0.3, 0.4) is 0 Å². The summed E-state index contributed by atoms with van der Waals surface area (Å²) in [5, 5.41) is 15.3. The first-order chi connectivity index (χ1) is 15.0. The predicted molar refractivity (Wildman–Crippen MR) is 140 cm³/mol. The van der Waals surface area contributed by atoms with Gasteiger partial charge in [-0.25, -0.2) is 4.99 Å². The highest BCUT2D eigenvalue weighted by Crippen LogP contribution is 2.16. The SMILES string of the molecule is CCN1CCCC1CNC(=NCc1nnc(C)n1C)NCC(C)Oc1cccc(C)c1.I. The van der Waals surface area contributed by atoms with E-state index in [9.17, 15) is 0 Å². The lowest BCUT2D eigenvalue weighted by Gasteiger charge is -2.24. The largest absolute Gasteiger partial charge is 0.489 e. The van der Waals surface area contributed by atoms with Crippen molar-refractivity contribution in [1.82, 2.24) is 30.3 Å². The molecule has 3 rings (SSSR count). The van der Waals surface area contributed by atoms with Crippen molar-refractivity contribution in [3.63, 3.8) is 0 Å². The van der Waals surface area contributed by atoms with Crippen molar-refractivity contribution in [2.45, 2.75) is 59.2 Å². The third-order valence-corrected chi connectivity index (χ3v) is 5.86. The van der Waals surface area contributed by atoms with E-state index in [2.05, 4.69) is 58.6 Å². The zero-order valence-corrected chi connectivity index (χ0v) is 22.3. The number of likely N-dealkylation sites (tertiary alicyclic amines) is 1. The van der Waals surface area contributed by atoms with Crippen LogP contribution in [-0.2, 0) is 13.6 Å². The van der Waals surface area contributed by atoms with E-state index in [0.29, 0.717) is 19.1 Å². The number of nitrogens with one attached hydrogen (secondary N) is 2. The highest BCUT2D eigenvalue weighted by atomic mass is 127. The Bertz CT molecular complexity index is 870. The van der Waals surface area contributed by atoms with Crippen LogP contribution < -0.4 is 15.4 Å². The standard InChI is InChI=1S/C23H37N7O.HI/c1-6-30-12-8-10-20(30)15-25-23(26-16-22-28-27-19(4)29(22)5)24-14-18(3)31-21-11-7-9-17(2)13-21;/h7,9,11,13,18,20H,6,8,10,12,14-16H2,1-5H3,(H2,24,25,26);1H. The lowest BCUT2D eigenvalue weighted by atomic mass is 10.2. The predicted octanol–water partition coefficient (Wildman–Crippen LogP) is 3.04. The summed E-state index contributed by atoms with van der Waals surface area (Å²) in [6.45, 7) is 12.6. The van der Waals surface area contributed by atoms with Gasteiger partial charge in [0.1, 0.15) is 24.2 Å². The summed E-state index contributed by atoms with van der Waals surface area (Å²) in [7, 11) is 1.97. The van der Waals surface area contributed by atoms with Crippen molar-refractivity contribution in [3.05, 3.63) is 41.5 Å². The number of halogens is 1. The molecule has 0 aliphatic carbocycles. The average molecular weight is 556 g/mol. The molecule has 0 amide bonds.